The highest BCUT2D eigenvalue weighted by Crippen LogP contribution is 2.27. The highest BCUT2D eigenvalue weighted by Gasteiger charge is 2.26. The molecular formula is C16H21F3N4O. The summed E-state index contributed by atoms with van der Waals surface area (Å²) in [6, 6.07) is 1.65. The maximum Gasteiger partial charge on any atom is 0.390 e. The average molecular weight is 342 g/mol. The van der Waals surface area contributed by atoms with Crippen LogP contribution in [0.4, 0.5) is 18.9 Å². The molecule has 0 unspecified atom stereocenters. The molecule has 0 spiro atoms. The second kappa shape index (κ2) is 6.86. The zero-order valence-corrected chi connectivity index (χ0v) is 13.6. The van der Waals surface area contributed by atoms with Gasteiger partial charge in [-0.15, -0.1) is 5.10 Å². The number of anilines is 1. The summed E-state index contributed by atoms with van der Waals surface area (Å²) in [4.78, 5) is 4.28. The van der Waals surface area contributed by atoms with Gasteiger partial charge in [0.1, 0.15) is 6.10 Å². The van der Waals surface area contributed by atoms with E-state index in [1.165, 1.54) is 0 Å². The topological polar surface area (TPSA) is 51.5 Å². The molecule has 0 radical (unpaired) electrons. The number of hydrogen-bond donors (Lipinski definition) is 1. The Balaban J connectivity index is 1.85. The molecule has 0 aliphatic heterocycles. The van der Waals surface area contributed by atoms with Crippen molar-refractivity contribution in [2.45, 2.75) is 57.7 Å². The Bertz CT molecular complexity index is 692. The number of aryl methyl sites for hydroxylation is 1. The van der Waals surface area contributed by atoms with Crippen LogP contribution in [0.1, 0.15) is 44.7 Å². The first-order valence-corrected chi connectivity index (χ1v) is 8.31. The average Bonchev–Trinajstić information content (AvgIpc) is 3.15. The van der Waals surface area contributed by atoms with E-state index in [0.717, 1.165) is 37.8 Å². The molecule has 0 aromatic carbocycles. The number of ether oxygens (including phenoxy) is 1. The van der Waals surface area contributed by atoms with Gasteiger partial charge in [-0.25, -0.2) is 9.50 Å². The molecule has 0 bridgehead atoms. The first-order valence-electron chi connectivity index (χ1n) is 8.31. The molecule has 2 aromatic heterocycles. The lowest BCUT2D eigenvalue weighted by atomic mass is 10.3. The first kappa shape index (κ1) is 16.9. The minimum absolute atomic E-state index is 0.131. The zero-order valence-electron chi connectivity index (χ0n) is 13.6. The normalized spacial score (nSPS) is 16.0. The SMILES string of the molecule is CCc1cnc2c(NCCC(F)(F)F)cc(OC3CCCC3)nn12. The molecule has 2 heterocycles. The molecule has 1 aliphatic rings. The molecule has 1 aliphatic carbocycles. The van der Waals surface area contributed by atoms with Crippen molar-refractivity contribution in [1.82, 2.24) is 14.6 Å². The predicted octanol–water partition coefficient (Wildman–Crippen LogP) is 3.98. The van der Waals surface area contributed by atoms with Gasteiger partial charge in [-0.2, -0.15) is 13.2 Å². The number of halogens is 3. The van der Waals surface area contributed by atoms with E-state index in [-0.39, 0.29) is 12.6 Å². The van der Waals surface area contributed by atoms with Gasteiger partial charge in [0.2, 0.25) is 5.88 Å². The fourth-order valence-corrected chi connectivity index (χ4v) is 2.94. The van der Waals surface area contributed by atoms with Crippen LogP contribution in [0.5, 0.6) is 5.88 Å². The minimum atomic E-state index is -4.19. The molecule has 2 aromatic rings. The van der Waals surface area contributed by atoms with Crippen LogP contribution in [-0.2, 0) is 6.42 Å². The molecule has 1 saturated carbocycles. The van der Waals surface area contributed by atoms with Crippen LogP contribution in [-0.4, -0.2) is 33.4 Å². The van der Waals surface area contributed by atoms with Crippen molar-refractivity contribution in [3.63, 3.8) is 0 Å². The first-order chi connectivity index (χ1) is 11.5. The largest absolute Gasteiger partial charge is 0.473 e. The molecule has 5 nitrogen and oxygen atoms in total. The van der Waals surface area contributed by atoms with Crippen molar-refractivity contribution < 1.29 is 17.9 Å². The summed E-state index contributed by atoms with van der Waals surface area (Å²) < 4.78 is 44.7. The number of alkyl halides is 3. The van der Waals surface area contributed by atoms with Crippen LogP contribution >= 0.6 is 0 Å². The van der Waals surface area contributed by atoms with Crippen LogP contribution in [0, 0.1) is 0 Å². The summed E-state index contributed by atoms with van der Waals surface area (Å²) >= 11 is 0. The Morgan fingerprint density at radius 3 is 2.75 bits per heavy atom. The standard InChI is InChI=1S/C16H21F3N4O/c1-2-11-10-21-15-13(20-8-7-16(17,18)19)9-14(22-23(11)15)24-12-5-3-4-6-12/h9-10,12,20H,2-8H2,1H3. The quantitative estimate of drug-likeness (QED) is 0.863. The molecular weight excluding hydrogens is 321 g/mol. The number of rotatable bonds is 6. The van der Waals surface area contributed by atoms with Gasteiger partial charge >= 0.3 is 6.18 Å². The molecule has 0 saturated heterocycles. The smallest absolute Gasteiger partial charge is 0.390 e. The molecule has 3 rings (SSSR count). The van der Waals surface area contributed by atoms with Crippen LogP contribution in [0.15, 0.2) is 12.3 Å². The number of nitrogens with one attached hydrogen (secondary N) is 1. The van der Waals surface area contributed by atoms with Crippen LogP contribution in [0.2, 0.25) is 0 Å². The highest BCUT2D eigenvalue weighted by molar-refractivity contribution is 5.68. The van der Waals surface area contributed by atoms with Gasteiger partial charge in [-0.3, -0.25) is 0 Å². The van der Waals surface area contributed by atoms with Gasteiger partial charge < -0.3 is 10.1 Å². The second-order valence-electron chi connectivity index (χ2n) is 6.05. The van der Waals surface area contributed by atoms with E-state index in [0.29, 0.717) is 17.2 Å². The third kappa shape index (κ3) is 3.91. The maximum atomic E-state index is 12.4. The molecule has 0 atom stereocenters. The van der Waals surface area contributed by atoms with E-state index < -0.39 is 12.6 Å². The number of hydrogen-bond acceptors (Lipinski definition) is 4. The fraction of sp³-hybridized carbons (Fsp3) is 0.625. The molecule has 24 heavy (non-hydrogen) atoms. The lowest BCUT2D eigenvalue weighted by Crippen LogP contribution is -2.16. The van der Waals surface area contributed by atoms with Crippen molar-refractivity contribution in [1.29, 1.82) is 0 Å². The van der Waals surface area contributed by atoms with Gasteiger partial charge in [0.25, 0.3) is 0 Å². The lowest BCUT2D eigenvalue weighted by molar-refractivity contribution is -0.131. The summed E-state index contributed by atoms with van der Waals surface area (Å²) in [6.45, 7) is 1.77. The number of fused-ring (bicyclic) bond motifs is 1. The Hall–Kier alpha value is -1.99. The maximum absolute atomic E-state index is 12.4. The van der Waals surface area contributed by atoms with Gasteiger partial charge in [-0.05, 0) is 32.1 Å². The van der Waals surface area contributed by atoms with Crippen molar-refractivity contribution in [3.05, 3.63) is 18.0 Å². The molecule has 8 heteroatoms. The van der Waals surface area contributed by atoms with Crippen LogP contribution in [0.25, 0.3) is 5.65 Å². The highest BCUT2D eigenvalue weighted by atomic mass is 19.4. The number of imidazole rings is 1. The van der Waals surface area contributed by atoms with Gasteiger partial charge in [0.15, 0.2) is 5.65 Å². The van der Waals surface area contributed by atoms with E-state index in [1.807, 2.05) is 6.92 Å². The van der Waals surface area contributed by atoms with E-state index >= 15 is 0 Å². The summed E-state index contributed by atoms with van der Waals surface area (Å²) in [6.07, 6.45) is 1.70. The predicted molar refractivity (Wildman–Crippen MR) is 84.4 cm³/mol. The van der Waals surface area contributed by atoms with Gasteiger partial charge in [-0.1, -0.05) is 6.92 Å². The van der Waals surface area contributed by atoms with Crippen molar-refractivity contribution in [2.24, 2.45) is 0 Å². The third-order valence-electron chi connectivity index (χ3n) is 4.19. The Labute approximate surface area is 138 Å². The third-order valence-corrected chi connectivity index (χ3v) is 4.19. The van der Waals surface area contributed by atoms with Crippen molar-refractivity contribution in [3.8, 4) is 5.88 Å². The second-order valence-corrected chi connectivity index (χ2v) is 6.05. The Kier molecular flexibility index (Phi) is 4.82. The minimum Gasteiger partial charge on any atom is -0.473 e. The molecule has 132 valence electrons. The van der Waals surface area contributed by atoms with E-state index in [1.54, 1.807) is 16.8 Å². The van der Waals surface area contributed by atoms with Gasteiger partial charge in [0, 0.05) is 12.6 Å². The lowest BCUT2D eigenvalue weighted by Gasteiger charge is -2.15. The van der Waals surface area contributed by atoms with Crippen molar-refractivity contribution in [2.75, 3.05) is 11.9 Å². The van der Waals surface area contributed by atoms with E-state index in [4.69, 9.17) is 4.74 Å². The molecule has 1 N–H and O–H groups in total. The van der Waals surface area contributed by atoms with Crippen molar-refractivity contribution >= 4 is 11.3 Å². The fourth-order valence-electron chi connectivity index (χ4n) is 2.94. The van der Waals surface area contributed by atoms with Crippen LogP contribution in [0.3, 0.4) is 0 Å². The number of nitrogens with zero attached hydrogens (tertiary/aromatic N) is 3. The molecule has 1 fully saturated rings. The monoisotopic (exact) mass is 342 g/mol. The zero-order chi connectivity index (χ0) is 17.2. The van der Waals surface area contributed by atoms with Gasteiger partial charge in [0.05, 0.1) is 24.0 Å². The summed E-state index contributed by atoms with van der Waals surface area (Å²) in [5.41, 5.74) is 1.93. The Morgan fingerprint density at radius 1 is 1.33 bits per heavy atom. The van der Waals surface area contributed by atoms with E-state index in [9.17, 15) is 13.2 Å². The van der Waals surface area contributed by atoms with E-state index in [2.05, 4.69) is 15.4 Å². The number of aromatic nitrogens is 3. The summed E-state index contributed by atoms with van der Waals surface area (Å²) in [5.74, 6) is 0.427. The summed E-state index contributed by atoms with van der Waals surface area (Å²) in [5, 5.41) is 7.28. The van der Waals surface area contributed by atoms with Crippen LogP contribution < -0.4 is 10.1 Å². The summed E-state index contributed by atoms with van der Waals surface area (Å²) in [7, 11) is 0. The molecule has 0 amide bonds. The Morgan fingerprint density at radius 2 is 2.08 bits per heavy atom.